The van der Waals surface area contributed by atoms with Crippen LogP contribution in [0, 0.1) is 0 Å². The number of nitrogens with zero attached hydrogens (tertiary/aromatic N) is 2. The highest BCUT2D eigenvalue weighted by Crippen LogP contribution is 2.08. The molecule has 0 aromatic carbocycles. The van der Waals surface area contributed by atoms with Crippen molar-refractivity contribution in [3.63, 3.8) is 0 Å². The Morgan fingerprint density at radius 3 is 2.00 bits per heavy atom. The van der Waals surface area contributed by atoms with Crippen molar-refractivity contribution in [2.45, 2.75) is 25.8 Å². The van der Waals surface area contributed by atoms with Crippen LogP contribution in [0.5, 0.6) is 0 Å². The highest BCUT2D eigenvalue weighted by molar-refractivity contribution is 5.69. The molecule has 0 heterocycles. The molecule has 102 valence electrons. The second-order valence-corrected chi connectivity index (χ2v) is 6.63. The van der Waals surface area contributed by atoms with Crippen LogP contribution in [0.15, 0.2) is 0 Å². The molecule has 0 spiro atoms. The van der Waals surface area contributed by atoms with Crippen LogP contribution in [0.3, 0.4) is 0 Å². The molecule has 0 aliphatic heterocycles. The minimum Gasteiger partial charge on any atom is -0.459 e. The second-order valence-electron chi connectivity index (χ2n) is 6.63. The van der Waals surface area contributed by atoms with Crippen molar-refractivity contribution in [2.24, 2.45) is 0 Å². The van der Waals surface area contributed by atoms with E-state index >= 15 is 0 Å². The van der Waals surface area contributed by atoms with Gasteiger partial charge >= 0.3 is 5.97 Å². The summed E-state index contributed by atoms with van der Waals surface area (Å²) in [6.07, 6.45) is 1.52. The van der Waals surface area contributed by atoms with E-state index < -0.39 is 0 Å². The lowest BCUT2D eigenvalue weighted by atomic mass is 10.2. The smallest absolute Gasteiger partial charge is 0.311 e. The quantitative estimate of drug-likeness (QED) is 0.497. The number of carbonyl (C=O) groups excluding carboxylic acids is 1. The largest absolute Gasteiger partial charge is 0.459 e. The van der Waals surface area contributed by atoms with Crippen molar-refractivity contribution >= 4 is 5.97 Å². The van der Waals surface area contributed by atoms with E-state index in [0.29, 0.717) is 19.1 Å². The van der Waals surface area contributed by atoms with Crippen molar-refractivity contribution < 1.29 is 18.5 Å². The average molecular weight is 246 g/mol. The summed E-state index contributed by atoms with van der Waals surface area (Å²) in [6.45, 7) is 3.48. The SMILES string of the molecule is CCC(COC(=O)CC[N+](C)(C)C)[N+](C)(C)C. The van der Waals surface area contributed by atoms with E-state index in [2.05, 4.69) is 49.2 Å². The first-order valence-electron chi connectivity index (χ1n) is 6.33. The molecule has 0 fully saturated rings. The molecule has 1 unspecified atom stereocenters. The van der Waals surface area contributed by atoms with E-state index in [1.165, 1.54) is 0 Å². The maximum Gasteiger partial charge on any atom is 0.311 e. The maximum atomic E-state index is 11.6. The van der Waals surface area contributed by atoms with Gasteiger partial charge < -0.3 is 13.7 Å². The molecule has 0 amide bonds. The highest BCUT2D eigenvalue weighted by Gasteiger charge is 2.23. The van der Waals surface area contributed by atoms with E-state index in [1.54, 1.807) is 0 Å². The number of hydrogen-bond acceptors (Lipinski definition) is 2. The molecule has 0 N–H and O–H groups in total. The van der Waals surface area contributed by atoms with Crippen LogP contribution in [0.2, 0.25) is 0 Å². The highest BCUT2D eigenvalue weighted by atomic mass is 16.5. The Bertz CT molecular complexity index is 239. The van der Waals surface area contributed by atoms with Crippen molar-refractivity contribution in [1.82, 2.24) is 0 Å². The van der Waals surface area contributed by atoms with Gasteiger partial charge in [0.25, 0.3) is 0 Å². The molecular weight excluding hydrogens is 216 g/mol. The van der Waals surface area contributed by atoms with Gasteiger partial charge in [-0.1, -0.05) is 6.92 Å². The fourth-order valence-corrected chi connectivity index (χ4v) is 1.58. The molecule has 0 aliphatic rings. The summed E-state index contributed by atoms with van der Waals surface area (Å²) in [5.74, 6) is -0.0788. The Morgan fingerprint density at radius 1 is 1.12 bits per heavy atom. The third-order valence-electron chi connectivity index (χ3n) is 2.99. The zero-order chi connectivity index (χ0) is 13.7. The number of rotatable bonds is 7. The lowest BCUT2D eigenvalue weighted by molar-refractivity contribution is -0.896. The number of carbonyl (C=O) groups is 1. The van der Waals surface area contributed by atoms with Crippen molar-refractivity contribution in [3.05, 3.63) is 0 Å². The lowest BCUT2D eigenvalue weighted by Gasteiger charge is -2.33. The lowest BCUT2D eigenvalue weighted by Crippen LogP contribution is -2.47. The van der Waals surface area contributed by atoms with Gasteiger partial charge in [-0.05, 0) is 0 Å². The summed E-state index contributed by atoms with van der Waals surface area (Å²) in [7, 11) is 12.6. The number of quaternary nitrogens is 2. The fourth-order valence-electron chi connectivity index (χ4n) is 1.58. The summed E-state index contributed by atoms with van der Waals surface area (Å²) in [6, 6.07) is 0.378. The number of likely N-dealkylation sites (N-methyl/N-ethyl adjacent to an activating group) is 1. The molecule has 1 atom stereocenters. The minimum absolute atomic E-state index is 0.0788. The van der Waals surface area contributed by atoms with E-state index in [0.717, 1.165) is 21.9 Å². The topological polar surface area (TPSA) is 26.3 Å². The van der Waals surface area contributed by atoms with Crippen LogP contribution in [0.25, 0.3) is 0 Å². The van der Waals surface area contributed by atoms with Crippen LogP contribution in [-0.2, 0) is 9.53 Å². The molecule has 4 heteroatoms. The molecule has 0 rings (SSSR count). The maximum absolute atomic E-state index is 11.6. The van der Waals surface area contributed by atoms with E-state index in [9.17, 15) is 4.79 Å². The van der Waals surface area contributed by atoms with Gasteiger partial charge in [-0.2, -0.15) is 0 Å². The molecule has 0 radical (unpaired) electrons. The zero-order valence-electron chi connectivity index (χ0n) is 12.6. The molecule has 0 saturated carbocycles. The van der Waals surface area contributed by atoms with Crippen LogP contribution in [0.4, 0.5) is 0 Å². The number of hydrogen-bond donors (Lipinski definition) is 0. The van der Waals surface area contributed by atoms with Gasteiger partial charge in [-0.15, -0.1) is 0 Å². The molecule has 0 aromatic rings. The molecule has 0 aromatic heterocycles. The summed E-state index contributed by atoms with van der Waals surface area (Å²) in [4.78, 5) is 11.6. The predicted molar refractivity (Wildman–Crippen MR) is 70.6 cm³/mol. The molecule has 4 nitrogen and oxygen atoms in total. The molecular formula is C13H30N2O2+2. The first-order valence-corrected chi connectivity index (χ1v) is 6.33. The van der Waals surface area contributed by atoms with Crippen LogP contribution < -0.4 is 0 Å². The molecule has 0 aliphatic carbocycles. The number of esters is 1. The second kappa shape index (κ2) is 6.36. The van der Waals surface area contributed by atoms with E-state index in [4.69, 9.17) is 4.74 Å². The third kappa shape index (κ3) is 8.16. The summed E-state index contributed by atoms with van der Waals surface area (Å²) < 4.78 is 6.98. The monoisotopic (exact) mass is 246 g/mol. The van der Waals surface area contributed by atoms with Gasteiger partial charge in [-0.3, -0.25) is 4.79 Å². The van der Waals surface area contributed by atoms with Gasteiger partial charge in [0.15, 0.2) is 0 Å². The normalized spacial score (nSPS) is 14.5. The summed E-state index contributed by atoms with van der Waals surface area (Å²) in [5.41, 5.74) is 0. The van der Waals surface area contributed by atoms with E-state index in [1.807, 2.05) is 0 Å². The first kappa shape index (κ1) is 16.4. The van der Waals surface area contributed by atoms with Crippen molar-refractivity contribution in [2.75, 3.05) is 55.4 Å². The summed E-state index contributed by atoms with van der Waals surface area (Å²) >= 11 is 0. The fraction of sp³-hybridized carbons (Fsp3) is 0.923. The summed E-state index contributed by atoms with van der Waals surface area (Å²) in [5, 5.41) is 0. The van der Waals surface area contributed by atoms with Crippen molar-refractivity contribution in [3.8, 4) is 0 Å². The first-order chi connectivity index (χ1) is 7.56. The average Bonchev–Trinajstić information content (AvgIpc) is 2.12. The molecule has 0 saturated heterocycles. The Kier molecular flexibility index (Phi) is 6.13. The van der Waals surface area contributed by atoms with Crippen LogP contribution >= 0.6 is 0 Å². The number of ether oxygens (including phenoxy) is 1. The predicted octanol–water partition coefficient (Wildman–Crippen LogP) is 1.11. The van der Waals surface area contributed by atoms with Crippen molar-refractivity contribution in [1.29, 1.82) is 0 Å². The Balaban J connectivity index is 3.99. The van der Waals surface area contributed by atoms with Gasteiger partial charge in [0.05, 0.1) is 55.3 Å². The zero-order valence-corrected chi connectivity index (χ0v) is 12.6. The Hall–Kier alpha value is -0.610. The van der Waals surface area contributed by atoms with E-state index in [-0.39, 0.29) is 5.97 Å². The van der Waals surface area contributed by atoms with Gasteiger partial charge in [0.2, 0.25) is 0 Å². The standard InChI is InChI=1S/C13H30N2O2/c1-8-12(15(5,6)7)11-17-13(16)9-10-14(2,3)4/h12H,8-11H2,1-7H3/q+2. The molecule has 0 bridgehead atoms. The Morgan fingerprint density at radius 2 is 1.65 bits per heavy atom. The van der Waals surface area contributed by atoms with Crippen LogP contribution in [-0.4, -0.2) is 76.4 Å². The Labute approximate surface area is 106 Å². The molecule has 17 heavy (non-hydrogen) atoms. The van der Waals surface area contributed by atoms with Gasteiger partial charge in [0.1, 0.15) is 12.6 Å². The van der Waals surface area contributed by atoms with Gasteiger partial charge in [-0.25, -0.2) is 0 Å². The minimum atomic E-state index is -0.0788. The van der Waals surface area contributed by atoms with Gasteiger partial charge in [0, 0.05) is 6.42 Å². The van der Waals surface area contributed by atoms with Crippen LogP contribution in [0.1, 0.15) is 19.8 Å². The third-order valence-corrected chi connectivity index (χ3v) is 2.99.